The summed E-state index contributed by atoms with van der Waals surface area (Å²) in [4.78, 5) is 28.3. The summed E-state index contributed by atoms with van der Waals surface area (Å²) in [6.07, 6.45) is 0.0889. The fraction of sp³-hybridized carbons (Fsp3) is 0.167. The highest BCUT2D eigenvalue weighted by Crippen LogP contribution is 2.29. The van der Waals surface area contributed by atoms with Gasteiger partial charge < -0.3 is 10.1 Å². The summed E-state index contributed by atoms with van der Waals surface area (Å²) in [5.74, 6) is -0.175. The van der Waals surface area contributed by atoms with Gasteiger partial charge in [-0.15, -0.1) is 0 Å². The van der Waals surface area contributed by atoms with E-state index in [-0.39, 0.29) is 24.5 Å². The molecule has 0 unspecified atom stereocenters. The molecule has 1 amide bonds. The number of thiazole rings is 1. The van der Waals surface area contributed by atoms with E-state index in [4.69, 9.17) is 4.74 Å². The van der Waals surface area contributed by atoms with E-state index in [2.05, 4.69) is 10.3 Å². The lowest BCUT2D eigenvalue weighted by atomic mass is 10.1. The molecule has 128 valence electrons. The van der Waals surface area contributed by atoms with Crippen molar-refractivity contribution in [2.45, 2.75) is 12.8 Å². The van der Waals surface area contributed by atoms with Crippen molar-refractivity contribution in [1.82, 2.24) is 4.98 Å². The molecule has 0 saturated carbocycles. The van der Waals surface area contributed by atoms with E-state index in [9.17, 15) is 14.0 Å². The molecule has 0 saturated heterocycles. The van der Waals surface area contributed by atoms with E-state index < -0.39 is 5.82 Å². The number of methoxy groups -OCH3 is 1. The minimum atomic E-state index is -0.401. The molecule has 3 rings (SSSR count). The first-order valence-corrected chi connectivity index (χ1v) is 8.40. The molecule has 1 heterocycles. The number of aromatic nitrogens is 1. The number of ether oxygens (including phenoxy) is 1. The van der Waals surface area contributed by atoms with Crippen molar-refractivity contribution in [1.29, 1.82) is 0 Å². The number of halogens is 1. The van der Waals surface area contributed by atoms with Gasteiger partial charge in [-0.1, -0.05) is 11.3 Å². The van der Waals surface area contributed by atoms with Crippen LogP contribution in [0.3, 0.4) is 0 Å². The van der Waals surface area contributed by atoms with E-state index in [1.165, 1.54) is 35.6 Å². The minimum absolute atomic E-state index is 0.0372. The monoisotopic (exact) mass is 358 g/mol. The van der Waals surface area contributed by atoms with Crippen LogP contribution in [0.2, 0.25) is 0 Å². The third-order valence-electron chi connectivity index (χ3n) is 3.59. The Bertz CT molecular complexity index is 922. The SMILES string of the molecule is COc1ccc2nc(NC(=O)CCC(=O)c3ccc(F)cc3)sc2c1. The Kier molecular flexibility index (Phi) is 5.04. The molecule has 0 aliphatic carbocycles. The highest BCUT2D eigenvalue weighted by Gasteiger charge is 2.12. The van der Waals surface area contributed by atoms with Gasteiger partial charge in [0, 0.05) is 18.4 Å². The Morgan fingerprint density at radius 1 is 1.16 bits per heavy atom. The molecule has 0 fully saturated rings. The maximum absolute atomic E-state index is 12.9. The summed E-state index contributed by atoms with van der Waals surface area (Å²) >= 11 is 1.34. The topological polar surface area (TPSA) is 68.3 Å². The summed E-state index contributed by atoms with van der Waals surface area (Å²) in [6.45, 7) is 0. The van der Waals surface area contributed by atoms with E-state index in [0.29, 0.717) is 10.7 Å². The first kappa shape index (κ1) is 17.0. The van der Waals surface area contributed by atoms with Gasteiger partial charge in [0.15, 0.2) is 10.9 Å². The number of nitrogens with zero attached hydrogens (tertiary/aromatic N) is 1. The quantitative estimate of drug-likeness (QED) is 0.675. The zero-order chi connectivity index (χ0) is 17.8. The normalized spacial score (nSPS) is 10.6. The van der Waals surface area contributed by atoms with Gasteiger partial charge in [0.05, 0.1) is 17.3 Å². The van der Waals surface area contributed by atoms with Crippen molar-refractivity contribution in [3.8, 4) is 5.75 Å². The number of amides is 1. The van der Waals surface area contributed by atoms with Gasteiger partial charge in [0.25, 0.3) is 0 Å². The molecular weight excluding hydrogens is 343 g/mol. The Morgan fingerprint density at radius 2 is 1.92 bits per heavy atom. The Balaban J connectivity index is 1.58. The van der Waals surface area contributed by atoms with Crippen molar-refractivity contribution in [3.63, 3.8) is 0 Å². The van der Waals surface area contributed by atoms with Gasteiger partial charge in [0.2, 0.25) is 5.91 Å². The van der Waals surface area contributed by atoms with Gasteiger partial charge in [-0.05, 0) is 42.5 Å². The Morgan fingerprint density at radius 3 is 2.64 bits per heavy atom. The number of hydrogen-bond acceptors (Lipinski definition) is 5. The maximum Gasteiger partial charge on any atom is 0.226 e. The van der Waals surface area contributed by atoms with Crippen LogP contribution in [-0.4, -0.2) is 23.8 Å². The van der Waals surface area contributed by atoms with Crippen LogP contribution in [0.1, 0.15) is 23.2 Å². The second-order valence-electron chi connectivity index (χ2n) is 5.33. The Hall–Kier alpha value is -2.80. The van der Waals surface area contributed by atoms with Crippen LogP contribution in [0.25, 0.3) is 10.2 Å². The summed E-state index contributed by atoms with van der Waals surface area (Å²) in [5.41, 5.74) is 1.16. The smallest absolute Gasteiger partial charge is 0.226 e. The van der Waals surface area contributed by atoms with Crippen molar-refractivity contribution in [2.75, 3.05) is 12.4 Å². The minimum Gasteiger partial charge on any atom is -0.497 e. The number of carbonyl (C=O) groups is 2. The van der Waals surface area contributed by atoms with Gasteiger partial charge in [0.1, 0.15) is 11.6 Å². The molecule has 25 heavy (non-hydrogen) atoms. The summed E-state index contributed by atoms with van der Waals surface area (Å²) in [6, 6.07) is 10.7. The summed E-state index contributed by atoms with van der Waals surface area (Å²) in [5, 5.41) is 3.17. The van der Waals surface area contributed by atoms with Crippen LogP contribution in [0, 0.1) is 5.82 Å². The van der Waals surface area contributed by atoms with E-state index in [1.807, 2.05) is 12.1 Å². The van der Waals surface area contributed by atoms with Crippen LogP contribution < -0.4 is 10.1 Å². The lowest BCUT2D eigenvalue weighted by Crippen LogP contribution is -2.13. The largest absolute Gasteiger partial charge is 0.497 e. The zero-order valence-electron chi connectivity index (χ0n) is 13.4. The number of anilines is 1. The third-order valence-corrected chi connectivity index (χ3v) is 4.52. The number of carbonyl (C=O) groups excluding carboxylic acids is 2. The third kappa shape index (κ3) is 4.19. The lowest BCUT2D eigenvalue weighted by Gasteiger charge is -2.02. The average molecular weight is 358 g/mol. The molecule has 0 aliphatic heterocycles. The Labute approximate surface area is 147 Å². The van der Waals surface area contributed by atoms with Crippen molar-refractivity contribution in [2.24, 2.45) is 0 Å². The molecule has 0 spiro atoms. The number of fused-ring (bicyclic) bond motifs is 1. The zero-order valence-corrected chi connectivity index (χ0v) is 14.2. The summed E-state index contributed by atoms with van der Waals surface area (Å²) < 4.78 is 18.9. The summed E-state index contributed by atoms with van der Waals surface area (Å²) in [7, 11) is 1.59. The van der Waals surface area contributed by atoms with Crippen molar-refractivity contribution in [3.05, 3.63) is 53.8 Å². The number of Topliss-reactive ketones (excluding diaryl/α,β-unsaturated/α-hetero) is 1. The molecule has 0 aliphatic rings. The fourth-order valence-corrected chi connectivity index (χ4v) is 3.18. The molecule has 7 heteroatoms. The second kappa shape index (κ2) is 7.40. The number of nitrogens with one attached hydrogen (secondary N) is 1. The van der Waals surface area contributed by atoms with Gasteiger partial charge in [-0.3, -0.25) is 9.59 Å². The van der Waals surface area contributed by atoms with Crippen molar-refractivity contribution >= 4 is 38.4 Å². The van der Waals surface area contributed by atoms with Gasteiger partial charge in [-0.2, -0.15) is 0 Å². The first-order valence-electron chi connectivity index (χ1n) is 7.58. The lowest BCUT2D eigenvalue weighted by molar-refractivity contribution is -0.116. The predicted molar refractivity (Wildman–Crippen MR) is 94.8 cm³/mol. The molecule has 1 N–H and O–H groups in total. The van der Waals surface area contributed by atoms with E-state index in [1.54, 1.807) is 13.2 Å². The van der Waals surface area contributed by atoms with Crippen LogP contribution in [0.5, 0.6) is 5.75 Å². The van der Waals surface area contributed by atoms with Crippen LogP contribution >= 0.6 is 11.3 Å². The molecule has 1 aromatic heterocycles. The standard InChI is InChI=1S/C18H15FN2O3S/c1-24-13-6-7-14-16(10-13)25-18(20-14)21-17(23)9-8-15(22)11-2-4-12(19)5-3-11/h2-7,10H,8-9H2,1H3,(H,20,21,23). The average Bonchev–Trinajstić information content (AvgIpc) is 3.01. The number of hydrogen-bond donors (Lipinski definition) is 1. The van der Waals surface area contributed by atoms with Crippen LogP contribution in [-0.2, 0) is 4.79 Å². The number of rotatable bonds is 6. The number of ketones is 1. The van der Waals surface area contributed by atoms with Crippen LogP contribution in [0.15, 0.2) is 42.5 Å². The predicted octanol–water partition coefficient (Wildman–Crippen LogP) is 4.05. The highest BCUT2D eigenvalue weighted by atomic mass is 32.1. The molecule has 0 bridgehead atoms. The van der Waals surface area contributed by atoms with E-state index >= 15 is 0 Å². The van der Waals surface area contributed by atoms with Gasteiger partial charge >= 0.3 is 0 Å². The van der Waals surface area contributed by atoms with Crippen molar-refractivity contribution < 1.29 is 18.7 Å². The molecule has 0 atom stereocenters. The maximum atomic E-state index is 12.9. The van der Waals surface area contributed by atoms with E-state index in [0.717, 1.165) is 16.0 Å². The molecule has 0 radical (unpaired) electrons. The first-order chi connectivity index (χ1) is 12.0. The number of benzene rings is 2. The highest BCUT2D eigenvalue weighted by molar-refractivity contribution is 7.22. The van der Waals surface area contributed by atoms with Gasteiger partial charge in [-0.25, -0.2) is 9.37 Å². The molecule has 2 aromatic carbocycles. The van der Waals surface area contributed by atoms with Crippen LogP contribution in [0.4, 0.5) is 9.52 Å². The molecule has 5 nitrogen and oxygen atoms in total. The second-order valence-corrected chi connectivity index (χ2v) is 6.36. The molecule has 3 aromatic rings. The molecular formula is C18H15FN2O3S. The fourth-order valence-electron chi connectivity index (χ4n) is 2.27.